The Kier molecular flexibility index (Phi) is 8.68. The van der Waals surface area contributed by atoms with E-state index >= 15 is 0 Å². The Morgan fingerprint density at radius 2 is 1.64 bits per heavy atom. The van der Waals surface area contributed by atoms with Crippen LogP contribution in [-0.4, -0.2) is 32.6 Å². The molecule has 0 aliphatic rings. The maximum atomic E-state index is 10.9. The van der Waals surface area contributed by atoms with Crippen molar-refractivity contribution >= 4 is 52.2 Å². The van der Waals surface area contributed by atoms with Gasteiger partial charge in [-0.1, -0.05) is 23.2 Å². The molecular formula is C14H12Cl4N2O2. The van der Waals surface area contributed by atoms with Crippen molar-refractivity contribution in [2.75, 3.05) is 11.8 Å². The highest BCUT2D eigenvalue weighted by atomic mass is 35.5. The Labute approximate surface area is 148 Å². The van der Waals surface area contributed by atoms with E-state index in [9.17, 15) is 9.90 Å². The molecule has 0 spiro atoms. The molecule has 0 fully saturated rings. The number of hydrogen-bond acceptors (Lipinski definition) is 4. The smallest absolute Gasteiger partial charge is 0.179 e. The largest absolute Gasteiger partial charge is 0.387 e. The number of ketones is 1. The number of Topliss-reactive ketones (excluding diaryl/α,β-unsaturated/α-hetero) is 1. The molecule has 0 radical (unpaired) electrons. The zero-order valence-corrected chi connectivity index (χ0v) is 14.2. The first-order valence-corrected chi connectivity index (χ1v) is 7.84. The van der Waals surface area contributed by atoms with E-state index in [2.05, 4.69) is 9.97 Å². The minimum absolute atomic E-state index is 0.0397. The molecule has 0 aliphatic heterocycles. The molecule has 1 atom stereocenters. The number of carbonyl (C=O) groups is 1. The van der Waals surface area contributed by atoms with Gasteiger partial charge >= 0.3 is 0 Å². The monoisotopic (exact) mass is 380 g/mol. The van der Waals surface area contributed by atoms with Crippen molar-refractivity contribution in [3.05, 3.63) is 58.1 Å². The standard InChI is InChI=1S/C7H7Cl2NO.C7H5Cl2NO/c2*8-2-7(11)5-1-6(9)4-10-3-5/h1,3-4,7,11H,2H2;1,3-4H,2H2/t7-;/m0./s1. The number of alkyl halides is 2. The highest BCUT2D eigenvalue weighted by Crippen LogP contribution is 2.16. The van der Waals surface area contributed by atoms with Crippen LogP contribution in [0.3, 0.4) is 0 Å². The maximum Gasteiger partial charge on any atom is 0.179 e. The molecule has 22 heavy (non-hydrogen) atoms. The Balaban J connectivity index is 0.000000220. The van der Waals surface area contributed by atoms with Gasteiger partial charge < -0.3 is 5.11 Å². The van der Waals surface area contributed by atoms with E-state index in [1.807, 2.05) is 0 Å². The summed E-state index contributed by atoms with van der Waals surface area (Å²) in [4.78, 5) is 18.5. The zero-order chi connectivity index (χ0) is 16.5. The minimum atomic E-state index is -0.678. The molecular weight excluding hydrogens is 370 g/mol. The predicted molar refractivity (Wildman–Crippen MR) is 89.2 cm³/mol. The molecule has 0 saturated carbocycles. The van der Waals surface area contributed by atoms with Gasteiger partial charge in [0.1, 0.15) is 0 Å². The number of rotatable bonds is 4. The lowest BCUT2D eigenvalue weighted by atomic mass is 10.2. The average molecular weight is 382 g/mol. The van der Waals surface area contributed by atoms with Crippen LogP contribution in [0.25, 0.3) is 0 Å². The normalized spacial score (nSPS) is 11.3. The molecule has 0 aliphatic carbocycles. The lowest BCUT2D eigenvalue weighted by Crippen LogP contribution is -2.00. The molecule has 8 heteroatoms. The molecule has 0 saturated heterocycles. The molecule has 2 rings (SSSR count). The van der Waals surface area contributed by atoms with Gasteiger partial charge in [0.05, 0.1) is 27.9 Å². The second-order valence-corrected chi connectivity index (χ2v) is 5.50. The van der Waals surface area contributed by atoms with E-state index in [1.165, 1.54) is 18.6 Å². The first-order chi connectivity index (χ1) is 10.5. The third kappa shape index (κ3) is 6.46. The molecule has 0 aromatic carbocycles. The highest BCUT2D eigenvalue weighted by molar-refractivity contribution is 6.32. The van der Waals surface area contributed by atoms with Crippen LogP contribution in [0.15, 0.2) is 36.9 Å². The molecule has 0 unspecified atom stereocenters. The third-order valence-corrected chi connectivity index (χ3v) is 3.35. The van der Waals surface area contributed by atoms with E-state index < -0.39 is 6.10 Å². The fourth-order valence-electron chi connectivity index (χ4n) is 1.34. The Bertz CT molecular complexity index is 625. The van der Waals surface area contributed by atoms with Gasteiger partial charge in [-0.15, -0.1) is 23.2 Å². The summed E-state index contributed by atoms with van der Waals surface area (Å²) in [6.45, 7) is 0. The van der Waals surface area contributed by atoms with Crippen LogP contribution < -0.4 is 0 Å². The summed E-state index contributed by atoms with van der Waals surface area (Å²) in [5.41, 5.74) is 1.10. The minimum Gasteiger partial charge on any atom is -0.387 e. The Morgan fingerprint density at radius 1 is 1.05 bits per heavy atom. The maximum absolute atomic E-state index is 10.9. The average Bonchev–Trinajstić information content (AvgIpc) is 2.54. The second-order valence-electron chi connectivity index (χ2n) is 4.06. The first-order valence-electron chi connectivity index (χ1n) is 6.02. The number of nitrogens with zero attached hydrogens (tertiary/aromatic N) is 2. The summed E-state index contributed by atoms with van der Waals surface area (Å²) < 4.78 is 0. The van der Waals surface area contributed by atoms with Crippen LogP contribution in [-0.2, 0) is 0 Å². The van der Waals surface area contributed by atoms with Crippen molar-refractivity contribution in [3.63, 3.8) is 0 Å². The molecule has 118 valence electrons. The molecule has 0 bridgehead atoms. The van der Waals surface area contributed by atoms with Crippen LogP contribution in [0, 0.1) is 0 Å². The Morgan fingerprint density at radius 3 is 2.14 bits per heavy atom. The van der Waals surface area contributed by atoms with Crippen molar-refractivity contribution in [2.45, 2.75) is 6.10 Å². The SMILES string of the molecule is O=C(CCl)c1cncc(Cl)c1.O[C@@H](CCl)c1cncc(Cl)c1. The van der Waals surface area contributed by atoms with E-state index in [4.69, 9.17) is 46.4 Å². The second kappa shape index (κ2) is 9.98. The summed E-state index contributed by atoms with van der Waals surface area (Å²) in [5, 5.41) is 10.2. The lowest BCUT2D eigenvalue weighted by molar-refractivity contribution is 0.102. The van der Waals surface area contributed by atoms with Gasteiger partial charge in [0, 0.05) is 35.9 Å². The van der Waals surface area contributed by atoms with Gasteiger partial charge in [-0.2, -0.15) is 0 Å². The quantitative estimate of drug-likeness (QED) is 0.637. The van der Waals surface area contributed by atoms with Crippen molar-refractivity contribution in [1.29, 1.82) is 0 Å². The van der Waals surface area contributed by atoms with Gasteiger partial charge in [0.2, 0.25) is 0 Å². The number of pyridine rings is 2. The molecule has 0 amide bonds. The summed E-state index contributed by atoms with van der Waals surface area (Å²) >= 11 is 22.0. The van der Waals surface area contributed by atoms with E-state index in [-0.39, 0.29) is 17.5 Å². The van der Waals surface area contributed by atoms with Gasteiger partial charge in [0.15, 0.2) is 5.78 Å². The van der Waals surface area contributed by atoms with Crippen molar-refractivity contribution < 1.29 is 9.90 Å². The van der Waals surface area contributed by atoms with Gasteiger partial charge in [-0.3, -0.25) is 14.8 Å². The first kappa shape index (κ1) is 19.1. The van der Waals surface area contributed by atoms with Gasteiger partial charge in [0.25, 0.3) is 0 Å². The van der Waals surface area contributed by atoms with Crippen LogP contribution in [0.2, 0.25) is 10.0 Å². The van der Waals surface area contributed by atoms with Crippen LogP contribution in [0.5, 0.6) is 0 Å². The van der Waals surface area contributed by atoms with Crippen molar-refractivity contribution in [3.8, 4) is 0 Å². The van der Waals surface area contributed by atoms with Gasteiger partial charge in [-0.25, -0.2) is 0 Å². The number of carbonyl (C=O) groups excluding carboxylic acids is 1. The summed E-state index contributed by atoms with van der Waals surface area (Å²) in [6, 6.07) is 3.18. The number of aromatic nitrogens is 2. The van der Waals surface area contributed by atoms with Crippen molar-refractivity contribution in [2.24, 2.45) is 0 Å². The molecule has 4 nitrogen and oxygen atoms in total. The summed E-state index contributed by atoms with van der Waals surface area (Å²) in [7, 11) is 0. The fraction of sp³-hybridized carbons (Fsp3) is 0.214. The molecule has 2 heterocycles. The molecule has 1 N–H and O–H groups in total. The van der Waals surface area contributed by atoms with Crippen LogP contribution in [0.4, 0.5) is 0 Å². The lowest BCUT2D eigenvalue weighted by Gasteiger charge is -2.05. The van der Waals surface area contributed by atoms with Gasteiger partial charge in [-0.05, 0) is 12.1 Å². The van der Waals surface area contributed by atoms with Crippen LogP contribution in [0.1, 0.15) is 22.0 Å². The fourth-order valence-corrected chi connectivity index (χ4v) is 2.03. The molecule has 2 aromatic heterocycles. The Hall–Kier alpha value is -0.910. The van der Waals surface area contributed by atoms with Crippen LogP contribution >= 0.6 is 46.4 Å². The topological polar surface area (TPSA) is 63.1 Å². The number of halogens is 4. The predicted octanol–water partition coefficient (Wildman–Crippen LogP) is 4.16. The number of aliphatic hydroxyl groups is 1. The number of aliphatic hydroxyl groups excluding tert-OH is 1. The zero-order valence-electron chi connectivity index (χ0n) is 11.2. The number of hydrogen-bond donors (Lipinski definition) is 1. The molecule has 2 aromatic rings. The van der Waals surface area contributed by atoms with E-state index in [0.29, 0.717) is 21.2 Å². The third-order valence-electron chi connectivity index (χ3n) is 2.41. The summed E-state index contributed by atoms with van der Waals surface area (Å²) in [5.74, 6) is -0.0500. The highest BCUT2D eigenvalue weighted by Gasteiger charge is 2.05. The van der Waals surface area contributed by atoms with Crippen molar-refractivity contribution in [1.82, 2.24) is 9.97 Å². The summed E-state index contributed by atoms with van der Waals surface area (Å²) in [6.07, 6.45) is 5.27. The van der Waals surface area contributed by atoms with E-state index in [0.717, 1.165) is 0 Å². The van der Waals surface area contributed by atoms with E-state index in [1.54, 1.807) is 18.3 Å².